The highest BCUT2D eigenvalue weighted by Crippen LogP contribution is 2.09. The molecule has 6 nitrogen and oxygen atoms in total. The van der Waals surface area contributed by atoms with Crippen molar-refractivity contribution < 1.29 is 19.2 Å². The molecule has 74 valence electrons. The minimum absolute atomic E-state index is 0.208. The lowest BCUT2D eigenvalue weighted by Gasteiger charge is -2.26. The number of hydrogen-bond donors (Lipinski definition) is 1. The number of hydroxylamine groups is 2. The average molecular weight is 196 g/mol. The zero-order valence-electron chi connectivity index (χ0n) is 7.44. The molecule has 1 atom stereocenters. The molecule has 0 aromatic heterocycles. The molecule has 1 heterocycles. The van der Waals surface area contributed by atoms with Crippen LogP contribution in [0.3, 0.4) is 0 Å². The molecule has 0 saturated carbocycles. The Morgan fingerprint density at radius 2 is 2.21 bits per heavy atom. The number of carbonyl (C=O) groups excluding carboxylic acids is 3. The van der Waals surface area contributed by atoms with Crippen LogP contribution < -0.4 is 5.32 Å². The Labute approximate surface area is 80.1 Å². The molecule has 1 N–H and O–H groups in total. The lowest BCUT2D eigenvalue weighted by Crippen LogP contribution is -2.56. The molecule has 1 aliphatic heterocycles. The Kier molecular flexibility index (Phi) is 2.84. The van der Waals surface area contributed by atoms with E-state index in [-0.39, 0.29) is 6.61 Å². The van der Waals surface area contributed by atoms with E-state index in [0.29, 0.717) is 5.06 Å². The third kappa shape index (κ3) is 1.72. The number of hydrogen-bond acceptors (Lipinski definition) is 4. The highest BCUT2D eigenvalue weighted by Gasteiger charge is 2.38. The van der Waals surface area contributed by atoms with Crippen molar-refractivity contribution in [2.75, 3.05) is 6.61 Å². The smallest absolute Gasteiger partial charge is 0.275 e. The number of barbiturate groups is 1. The number of rotatable bonds is 2. The summed E-state index contributed by atoms with van der Waals surface area (Å²) in [6, 6.07) is -0.909. The standard InChI is InChI=1S/C8H8N2O4/c1-3-4-14-10-7(12)5(2)6(11)9-8(10)13/h1,5H,4H2,2H3,(H,9,11,13). The monoisotopic (exact) mass is 196 g/mol. The Balaban J connectivity index is 2.75. The molecule has 4 amide bonds. The van der Waals surface area contributed by atoms with E-state index in [0.717, 1.165) is 0 Å². The third-order valence-electron chi connectivity index (χ3n) is 1.66. The molecule has 1 saturated heterocycles. The predicted molar refractivity (Wildman–Crippen MR) is 44.3 cm³/mol. The van der Waals surface area contributed by atoms with Crippen molar-refractivity contribution in [3.63, 3.8) is 0 Å². The van der Waals surface area contributed by atoms with Crippen LogP contribution in [0.2, 0.25) is 0 Å². The van der Waals surface area contributed by atoms with Gasteiger partial charge in [0.2, 0.25) is 5.91 Å². The van der Waals surface area contributed by atoms with Crippen LogP contribution in [0.4, 0.5) is 4.79 Å². The fourth-order valence-corrected chi connectivity index (χ4v) is 0.877. The van der Waals surface area contributed by atoms with Gasteiger partial charge in [0.25, 0.3) is 5.91 Å². The zero-order valence-corrected chi connectivity index (χ0v) is 7.44. The van der Waals surface area contributed by atoms with Gasteiger partial charge < -0.3 is 0 Å². The van der Waals surface area contributed by atoms with Gasteiger partial charge in [-0.15, -0.1) is 11.5 Å². The predicted octanol–water partition coefficient (Wildman–Crippen LogP) is -0.734. The van der Waals surface area contributed by atoms with Gasteiger partial charge in [-0.05, 0) is 6.92 Å². The van der Waals surface area contributed by atoms with E-state index in [4.69, 9.17) is 6.42 Å². The highest BCUT2D eigenvalue weighted by atomic mass is 16.7. The van der Waals surface area contributed by atoms with Crippen LogP contribution in [0.15, 0.2) is 0 Å². The first-order valence-corrected chi connectivity index (χ1v) is 3.83. The summed E-state index contributed by atoms with van der Waals surface area (Å²) in [6.07, 6.45) is 4.89. The van der Waals surface area contributed by atoms with Gasteiger partial charge in [0.1, 0.15) is 12.5 Å². The Morgan fingerprint density at radius 3 is 2.79 bits per heavy atom. The lowest BCUT2D eigenvalue weighted by molar-refractivity contribution is -0.174. The molecule has 1 aliphatic rings. The summed E-state index contributed by atoms with van der Waals surface area (Å²) in [5, 5.41) is 2.42. The minimum Gasteiger partial charge on any atom is -0.275 e. The maximum Gasteiger partial charge on any atom is 0.355 e. The summed E-state index contributed by atoms with van der Waals surface area (Å²) < 4.78 is 0. The molecular formula is C8H8N2O4. The largest absolute Gasteiger partial charge is 0.355 e. The summed E-state index contributed by atoms with van der Waals surface area (Å²) in [7, 11) is 0. The number of terminal acetylenes is 1. The van der Waals surface area contributed by atoms with Crippen molar-refractivity contribution in [2.45, 2.75) is 6.92 Å². The molecule has 0 bridgehead atoms. The topological polar surface area (TPSA) is 75.7 Å². The number of nitrogens with zero attached hydrogens (tertiary/aromatic N) is 1. The molecule has 1 unspecified atom stereocenters. The average Bonchev–Trinajstić information content (AvgIpc) is 2.14. The minimum atomic E-state index is -0.939. The van der Waals surface area contributed by atoms with Crippen LogP contribution in [0, 0.1) is 18.3 Å². The number of urea groups is 1. The number of amides is 4. The first kappa shape index (κ1) is 10.2. The van der Waals surface area contributed by atoms with Crippen molar-refractivity contribution in [3.05, 3.63) is 0 Å². The SMILES string of the molecule is C#CCON1C(=O)NC(=O)C(C)C1=O. The summed E-state index contributed by atoms with van der Waals surface area (Å²) in [5.74, 6) is -0.191. The first-order valence-electron chi connectivity index (χ1n) is 3.83. The van der Waals surface area contributed by atoms with Crippen LogP contribution in [-0.2, 0) is 14.4 Å². The second-order valence-electron chi connectivity index (χ2n) is 2.63. The lowest BCUT2D eigenvalue weighted by atomic mass is 10.1. The van der Waals surface area contributed by atoms with Gasteiger partial charge in [0.05, 0.1) is 0 Å². The molecular weight excluding hydrogens is 188 g/mol. The van der Waals surface area contributed by atoms with E-state index in [1.165, 1.54) is 6.92 Å². The molecule has 0 radical (unpaired) electrons. The van der Waals surface area contributed by atoms with Crippen LogP contribution in [0.5, 0.6) is 0 Å². The molecule has 0 aromatic carbocycles. The van der Waals surface area contributed by atoms with Gasteiger partial charge in [-0.3, -0.25) is 14.9 Å². The second-order valence-corrected chi connectivity index (χ2v) is 2.63. The second kappa shape index (κ2) is 3.89. The Bertz CT molecular complexity index is 331. The van der Waals surface area contributed by atoms with Crippen molar-refractivity contribution >= 4 is 17.8 Å². The molecule has 6 heteroatoms. The van der Waals surface area contributed by atoms with Crippen molar-refractivity contribution in [1.29, 1.82) is 0 Å². The highest BCUT2D eigenvalue weighted by molar-refractivity contribution is 6.15. The van der Waals surface area contributed by atoms with Gasteiger partial charge >= 0.3 is 6.03 Å². The van der Waals surface area contributed by atoms with Crippen LogP contribution >= 0.6 is 0 Å². The van der Waals surface area contributed by atoms with Gasteiger partial charge in [-0.1, -0.05) is 5.92 Å². The first-order chi connectivity index (χ1) is 6.57. The Hall–Kier alpha value is -1.87. The van der Waals surface area contributed by atoms with E-state index in [1.54, 1.807) is 0 Å². The maximum absolute atomic E-state index is 11.3. The Morgan fingerprint density at radius 1 is 1.57 bits per heavy atom. The van der Waals surface area contributed by atoms with Crippen LogP contribution in [0.1, 0.15) is 6.92 Å². The fourth-order valence-electron chi connectivity index (χ4n) is 0.877. The van der Waals surface area contributed by atoms with E-state index in [1.807, 2.05) is 5.32 Å². The molecule has 0 spiro atoms. The van der Waals surface area contributed by atoms with Crippen LogP contribution in [-0.4, -0.2) is 29.5 Å². The van der Waals surface area contributed by atoms with Gasteiger partial charge in [-0.25, -0.2) is 9.63 Å². The number of carbonyl (C=O) groups is 3. The number of imide groups is 2. The maximum atomic E-state index is 11.3. The molecule has 0 aliphatic carbocycles. The summed E-state index contributed by atoms with van der Waals surface area (Å²) in [6.45, 7) is 1.16. The molecule has 1 fully saturated rings. The zero-order chi connectivity index (χ0) is 10.7. The van der Waals surface area contributed by atoms with E-state index >= 15 is 0 Å². The number of nitrogens with one attached hydrogen (secondary N) is 1. The fraction of sp³-hybridized carbons (Fsp3) is 0.375. The van der Waals surface area contributed by atoms with E-state index in [9.17, 15) is 14.4 Å². The summed E-state index contributed by atoms with van der Waals surface area (Å²) >= 11 is 0. The van der Waals surface area contributed by atoms with Gasteiger partial charge in [-0.2, -0.15) is 0 Å². The normalized spacial score (nSPS) is 21.9. The van der Waals surface area contributed by atoms with E-state index in [2.05, 4.69) is 10.8 Å². The van der Waals surface area contributed by atoms with Gasteiger partial charge in [0, 0.05) is 0 Å². The van der Waals surface area contributed by atoms with E-state index < -0.39 is 23.8 Å². The molecule has 0 aromatic rings. The molecule has 1 rings (SSSR count). The third-order valence-corrected chi connectivity index (χ3v) is 1.66. The van der Waals surface area contributed by atoms with Crippen molar-refractivity contribution in [2.24, 2.45) is 5.92 Å². The quantitative estimate of drug-likeness (QED) is 0.466. The summed E-state index contributed by atoms with van der Waals surface area (Å²) in [4.78, 5) is 38.0. The molecule has 14 heavy (non-hydrogen) atoms. The van der Waals surface area contributed by atoms with Gasteiger partial charge in [0.15, 0.2) is 0 Å². The van der Waals surface area contributed by atoms with Crippen molar-refractivity contribution in [1.82, 2.24) is 10.4 Å². The van der Waals surface area contributed by atoms with Crippen molar-refractivity contribution in [3.8, 4) is 12.3 Å². The summed E-state index contributed by atoms with van der Waals surface area (Å²) in [5.41, 5.74) is 0. The van der Waals surface area contributed by atoms with Crippen LogP contribution in [0.25, 0.3) is 0 Å².